The number of rotatable bonds is 4. The molecule has 0 saturated carbocycles. The first-order valence-electron chi connectivity index (χ1n) is 4.34. The molecule has 0 aliphatic carbocycles. The third-order valence-electron chi connectivity index (χ3n) is 1.82. The fraction of sp³-hybridized carbons (Fsp3) is 0.300. The van der Waals surface area contributed by atoms with Crippen LogP contribution in [0.5, 0.6) is 11.5 Å². The standard InChI is InChI=1S/C10H13NO3/c1-3-11(2)14-10-6-9(13)5-4-8(10)7-12/h4-7,13H,3H2,1-2H3. The monoisotopic (exact) mass is 195 g/mol. The molecular weight excluding hydrogens is 182 g/mol. The molecular formula is C10H13NO3. The lowest BCUT2D eigenvalue weighted by Crippen LogP contribution is -2.22. The van der Waals surface area contributed by atoms with E-state index in [1.54, 1.807) is 12.1 Å². The minimum atomic E-state index is 0.0788. The zero-order valence-corrected chi connectivity index (χ0v) is 8.23. The highest BCUT2D eigenvalue weighted by Crippen LogP contribution is 2.23. The predicted octanol–water partition coefficient (Wildman–Crippen LogP) is 1.45. The Bertz CT molecular complexity index is 325. The average Bonchev–Trinajstić information content (AvgIpc) is 2.18. The molecule has 0 saturated heterocycles. The summed E-state index contributed by atoms with van der Waals surface area (Å²) in [4.78, 5) is 15.9. The summed E-state index contributed by atoms with van der Waals surface area (Å²) in [6, 6.07) is 4.37. The number of phenolic OH excluding ortho intramolecular Hbond substituents is 1. The Kier molecular flexibility index (Phi) is 3.48. The Labute approximate surface area is 82.7 Å². The van der Waals surface area contributed by atoms with Crippen LogP contribution in [0.4, 0.5) is 0 Å². The fourth-order valence-electron chi connectivity index (χ4n) is 0.932. The van der Waals surface area contributed by atoms with Crippen molar-refractivity contribution in [1.29, 1.82) is 0 Å². The molecule has 1 aromatic rings. The van der Waals surface area contributed by atoms with Gasteiger partial charge in [0.25, 0.3) is 0 Å². The third-order valence-corrected chi connectivity index (χ3v) is 1.82. The molecule has 0 bridgehead atoms. The van der Waals surface area contributed by atoms with Crippen LogP contribution in [-0.4, -0.2) is 30.0 Å². The smallest absolute Gasteiger partial charge is 0.161 e. The van der Waals surface area contributed by atoms with Crippen LogP contribution in [0, 0.1) is 0 Å². The number of phenols is 1. The summed E-state index contributed by atoms with van der Waals surface area (Å²) < 4.78 is 0. The molecule has 0 aromatic heterocycles. The minimum absolute atomic E-state index is 0.0788. The third kappa shape index (κ3) is 2.47. The maximum atomic E-state index is 10.6. The first-order chi connectivity index (χ1) is 6.67. The van der Waals surface area contributed by atoms with Gasteiger partial charge in [0.2, 0.25) is 0 Å². The van der Waals surface area contributed by atoms with Gasteiger partial charge in [-0.2, -0.15) is 0 Å². The van der Waals surface area contributed by atoms with Crippen LogP contribution < -0.4 is 4.84 Å². The van der Waals surface area contributed by atoms with Crippen LogP contribution in [-0.2, 0) is 0 Å². The van der Waals surface area contributed by atoms with Crippen LogP contribution >= 0.6 is 0 Å². The molecule has 76 valence electrons. The highest BCUT2D eigenvalue weighted by Gasteiger charge is 2.06. The van der Waals surface area contributed by atoms with E-state index in [2.05, 4.69) is 0 Å². The lowest BCUT2D eigenvalue weighted by atomic mass is 10.2. The number of aldehydes is 1. The van der Waals surface area contributed by atoms with E-state index < -0.39 is 0 Å². The summed E-state index contributed by atoms with van der Waals surface area (Å²) in [5.41, 5.74) is 0.420. The molecule has 0 radical (unpaired) electrons. The first-order valence-corrected chi connectivity index (χ1v) is 4.34. The summed E-state index contributed by atoms with van der Waals surface area (Å²) in [6.45, 7) is 2.61. The number of benzene rings is 1. The van der Waals surface area contributed by atoms with Crippen molar-refractivity contribution in [1.82, 2.24) is 5.06 Å². The first kappa shape index (κ1) is 10.5. The zero-order valence-electron chi connectivity index (χ0n) is 8.23. The van der Waals surface area contributed by atoms with E-state index in [1.165, 1.54) is 18.2 Å². The van der Waals surface area contributed by atoms with Crippen molar-refractivity contribution in [3.63, 3.8) is 0 Å². The minimum Gasteiger partial charge on any atom is -0.508 e. The number of carbonyl (C=O) groups excluding carboxylic acids is 1. The van der Waals surface area contributed by atoms with Crippen molar-refractivity contribution in [2.75, 3.05) is 13.6 Å². The Balaban J connectivity index is 2.92. The van der Waals surface area contributed by atoms with Gasteiger partial charge in [0.15, 0.2) is 12.0 Å². The summed E-state index contributed by atoms with van der Waals surface area (Å²) in [7, 11) is 1.75. The number of hydrogen-bond donors (Lipinski definition) is 1. The van der Waals surface area contributed by atoms with Crippen LogP contribution in [0.15, 0.2) is 18.2 Å². The Morgan fingerprint density at radius 2 is 2.29 bits per heavy atom. The molecule has 0 heterocycles. The van der Waals surface area contributed by atoms with Crippen molar-refractivity contribution < 1.29 is 14.7 Å². The summed E-state index contributed by atoms with van der Waals surface area (Å²) in [5.74, 6) is 0.444. The van der Waals surface area contributed by atoms with E-state index in [1.807, 2.05) is 6.92 Å². The van der Waals surface area contributed by atoms with Gasteiger partial charge in [-0.1, -0.05) is 0 Å². The molecule has 0 fully saturated rings. The zero-order chi connectivity index (χ0) is 10.6. The van der Waals surface area contributed by atoms with Gasteiger partial charge in [0.1, 0.15) is 5.75 Å². The van der Waals surface area contributed by atoms with E-state index >= 15 is 0 Å². The average molecular weight is 195 g/mol. The van der Waals surface area contributed by atoms with Gasteiger partial charge in [0.05, 0.1) is 5.56 Å². The molecule has 0 aliphatic heterocycles. The Morgan fingerprint density at radius 1 is 1.57 bits per heavy atom. The lowest BCUT2D eigenvalue weighted by molar-refractivity contribution is -0.0268. The van der Waals surface area contributed by atoms with Gasteiger partial charge in [0, 0.05) is 19.7 Å². The number of aromatic hydroxyl groups is 1. The SMILES string of the molecule is CCN(C)Oc1cc(O)ccc1C=O. The number of hydrogen-bond acceptors (Lipinski definition) is 4. The van der Waals surface area contributed by atoms with Gasteiger partial charge < -0.3 is 9.94 Å². The highest BCUT2D eigenvalue weighted by atomic mass is 16.7. The van der Waals surface area contributed by atoms with Crippen LogP contribution in [0.1, 0.15) is 17.3 Å². The molecule has 4 nitrogen and oxygen atoms in total. The molecule has 0 unspecified atom stereocenters. The van der Waals surface area contributed by atoms with Gasteiger partial charge >= 0.3 is 0 Å². The van der Waals surface area contributed by atoms with Crippen molar-refractivity contribution in [3.8, 4) is 11.5 Å². The largest absolute Gasteiger partial charge is 0.508 e. The van der Waals surface area contributed by atoms with E-state index in [0.29, 0.717) is 24.1 Å². The van der Waals surface area contributed by atoms with Crippen molar-refractivity contribution in [2.24, 2.45) is 0 Å². The fourth-order valence-corrected chi connectivity index (χ4v) is 0.932. The maximum absolute atomic E-state index is 10.6. The van der Waals surface area contributed by atoms with E-state index in [4.69, 9.17) is 4.84 Å². The molecule has 0 aliphatic rings. The Hall–Kier alpha value is -1.55. The predicted molar refractivity (Wildman–Crippen MR) is 52.4 cm³/mol. The van der Waals surface area contributed by atoms with Gasteiger partial charge in [-0.25, -0.2) is 0 Å². The molecule has 0 spiro atoms. The number of carbonyl (C=O) groups is 1. The summed E-state index contributed by atoms with van der Waals surface area (Å²) in [5, 5.41) is 10.8. The quantitative estimate of drug-likeness (QED) is 0.583. The molecule has 1 aromatic carbocycles. The molecule has 0 amide bonds. The van der Waals surface area contributed by atoms with Gasteiger partial charge in [-0.05, 0) is 19.1 Å². The van der Waals surface area contributed by atoms with Gasteiger partial charge in [-0.3, -0.25) is 4.79 Å². The molecule has 4 heteroatoms. The van der Waals surface area contributed by atoms with Crippen molar-refractivity contribution in [3.05, 3.63) is 23.8 Å². The van der Waals surface area contributed by atoms with Crippen LogP contribution in [0.25, 0.3) is 0 Å². The van der Waals surface area contributed by atoms with Crippen LogP contribution in [0.3, 0.4) is 0 Å². The molecule has 0 atom stereocenters. The molecule has 14 heavy (non-hydrogen) atoms. The lowest BCUT2D eigenvalue weighted by Gasteiger charge is -2.16. The summed E-state index contributed by atoms with van der Waals surface area (Å²) >= 11 is 0. The van der Waals surface area contributed by atoms with Gasteiger partial charge in [-0.15, -0.1) is 5.06 Å². The van der Waals surface area contributed by atoms with E-state index in [0.717, 1.165) is 0 Å². The van der Waals surface area contributed by atoms with E-state index in [-0.39, 0.29) is 5.75 Å². The second-order valence-corrected chi connectivity index (χ2v) is 2.88. The molecule has 1 N–H and O–H groups in total. The highest BCUT2D eigenvalue weighted by molar-refractivity contribution is 5.79. The maximum Gasteiger partial charge on any atom is 0.161 e. The number of hydroxylamine groups is 2. The molecule has 1 rings (SSSR count). The second-order valence-electron chi connectivity index (χ2n) is 2.88. The van der Waals surface area contributed by atoms with Crippen molar-refractivity contribution in [2.45, 2.75) is 6.92 Å². The number of nitrogens with zero attached hydrogens (tertiary/aromatic N) is 1. The summed E-state index contributed by atoms with van der Waals surface area (Å²) in [6.07, 6.45) is 0.693. The topological polar surface area (TPSA) is 49.8 Å². The van der Waals surface area contributed by atoms with Crippen LogP contribution in [0.2, 0.25) is 0 Å². The second kappa shape index (κ2) is 4.62. The Morgan fingerprint density at radius 3 is 2.86 bits per heavy atom. The van der Waals surface area contributed by atoms with E-state index in [9.17, 15) is 9.90 Å². The normalized spacial score (nSPS) is 10.2. The van der Waals surface area contributed by atoms with Crippen molar-refractivity contribution >= 4 is 6.29 Å².